The lowest BCUT2D eigenvalue weighted by atomic mass is 9.95. The van der Waals surface area contributed by atoms with E-state index in [0.717, 1.165) is 30.0 Å². The van der Waals surface area contributed by atoms with E-state index in [0.29, 0.717) is 5.56 Å². The van der Waals surface area contributed by atoms with Crippen LogP contribution in [0.4, 0.5) is 5.69 Å². The van der Waals surface area contributed by atoms with E-state index in [2.05, 4.69) is 5.32 Å². The van der Waals surface area contributed by atoms with Crippen LogP contribution in [0.15, 0.2) is 24.3 Å². The molecule has 26 heavy (non-hydrogen) atoms. The van der Waals surface area contributed by atoms with E-state index in [1.54, 1.807) is 26.0 Å². The molecule has 7 heteroatoms. The Bertz CT molecular complexity index is 791. The van der Waals surface area contributed by atoms with Crippen LogP contribution in [0.2, 0.25) is 0 Å². The van der Waals surface area contributed by atoms with Crippen LogP contribution < -0.4 is 9.62 Å². The minimum atomic E-state index is -3.67. The van der Waals surface area contributed by atoms with Gasteiger partial charge in [0, 0.05) is 11.6 Å². The Morgan fingerprint density at radius 2 is 1.65 bits per heavy atom. The molecule has 0 spiro atoms. The molecule has 1 aromatic carbocycles. The third kappa shape index (κ3) is 3.77. The van der Waals surface area contributed by atoms with Crippen LogP contribution in [0.5, 0.6) is 0 Å². The zero-order valence-electron chi connectivity index (χ0n) is 15.3. The van der Waals surface area contributed by atoms with E-state index >= 15 is 0 Å². The molecule has 0 atom stereocenters. The van der Waals surface area contributed by atoms with Gasteiger partial charge in [-0.15, -0.1) is 0 Å². The first-order chi connectivity index (χ1) is 12.2. The molecule has 3 rings (SSSR count). The summed E-state index contributed by atoms with van der Waals surface area (Å²) in [4.78, 5) is 24.9. The average molecular weight is 378 g/mol. The van der Waals surface area contributed by atoms with E-state index in [-0.39, 0.29) is 23.4 Å². The van der Waals surface area contributed by atoms with Crippen molar-refractivity contribution in [1.29, 1.82) is 0 Å². The van der Waals surface area contributed by atoms with E-state index in [1.165, 1.54) is 25.0 Å². The summed E-state index contributed by atoms with van der Waals surface area (Å²) in [6.45, 7) is 3.25. The Hall–Kier alpha value is -1.89. The predicted octanol–water partition coefficient (Wildman–Crippen LogP) is 2.84. The van der Waals surface area contributed by atoms with Gasteiger partial charge >= 0.3 is 0 Å². The molecular formula is C19H26N2O4S. The Morgan fingerprint density at radius 3 is 2.15 bits per heavy atom. The molecule has 0 unspecified atom stereocenters. The molecule has 1 aliphatic carbocycles. The van der Waals surface area contributed by atoms with Crippen molar-refractivity contribution in [1.82, 2.24) is 5.32 Å². The van der Waals surface area contributed by atoms with E-state index in [4.69, 9.17) is 0 Å². The largest absolute Gasteiger partial charge is 0.349 e. The standard InChI is InChI=1S/C19H26N2O4S/c1-19(2)13-26(24,25)21(18(19)23)16-11-9-14(10-12-16)17(22)20-15-7-5-3-4-6-8-15/h9-12,15H,3-8,13H2,1-2H3,(H,20,22). The van der Waals surface area contributed by atoms with Gasteiger partial charge in [-0.05, 0) is 51.0 Å². The summed E-state index contributed by atoms with van der Waals surface area (Å²) < 4.78 is 25.5. The number of benzene rings is 1. The van der Waals surface area contributed by atoms with Crippen molar-refractivity contribution in [2.45, 2.75) is 58.4 Å². The quantitative estimate of drug-likeness (QED) is 0.820. The number of hydrogen-bond acceptors (Lipinski definition) is 4. The van der Waals surface area contributed by atoms with E-state index in [9.17, 15) is 18.0 Å². The third-order valence-corrected chi connectivity index (χ3v) is 7.16. The number of amides is 2. The fraction of sp³-hybridized carbons (Fsp3) is 0.579. The van der Waals surface area contributed by atoms with Crippen molar-refractivity contribution in [2.75, 3.05) is 10.1 Å². The number of carbonyl (C=O) groups excluding carboxylic acids is 2. The van der Waals surface area contributed by atoms with Crippen molar-refractivity contribution < 1.29 is 18.0 Å². The molecule has 0 aromatic heterocycles. The highest BCUT2D eigenvalue weighted by molar-refractivity contribution is 7.94. The molecule has 2 aliphatic rings. The van der Waals surface area contributed by atoms with Crippen molar-refractivity contribution in [3.05, 3.63) is 29.8 Å². The van der Waals surface area contributed by atoms with Gasteiger partial charge in [-0.25, -0.2) is 12.7 Å². The second kappa shape index (κ2) is 7.02. The number of nitrogens with one attached hydrogen (secondary N) is 1. The Morgan fingerprint density at radius 1 is 1.08 bits per heavy atom. The molecule has 0 radical (unpaired) electrons. The average Bonchev–Trinajstić information content (AvgIpc) is 2.75. The fourth-order valence-corrected chi connectivity index (χ4v) is 5.81. The van der Waals surface area contributed by atoms with E-state index in [1.807, 2.05) is 0 Å². The van der Waals surface area contributed by atoms with Gasteiger partial charge in [0.2, 0.25) is 15.9 Å². The lowest BCUT2D eigenvalue weighted by Crippen LogP contribution is -2.34. The van der Waals surface area contributed by atoms with E-state index < -0.39 is 21.3 Å². The molecule has 1 N–H and O–H groups in total. The molecule has 6 nitrogen and oxygen atoms in total. The molecule has 2 amide bonds. The number of rotatable bonds is 3. The normalized spacial score (nSPS) is 22.8. The molecule has 1 aliphatic heterocycles. The fourth-order valence-electron chi connectivity index (χ4n) is 3.70. The smallest absolute Gasteiger partial charge is 0.251 e. The maximum absolute atomic E-state index is 12.4. The summed E-state index contributed by atoms with van der Waals surface area (Å²) >= 11 is 0. The lowest BCUT2D eigenvalue weighted by molar-refractivity contribution is -0.123. The topological polar surface area (TPSA) is 83.6 Å². The van der Waals surface area contributed by atoms with Gasteiger partial charge in [0.1, 0.15) is 0 Å². The number of anilines is 1. The Labute approximate surface area is 155 Å². The van der Waals surface area contributed by atoms with Crippen molar-refractivity contribution in [2.24, 2.45) is 5.41 Å². The van der Waals surface area contributed by atoms with Crippen molar-refractivity contribution in [3.8, 4) is 0 Å². The van der Waals surface area contributed by atoms with Crippen molar-refractivity contribution >= 4 is 27.5 Å². The number of hydrogen-bond donors (Lipinski definition) is 1. The minimum Gasteiger partial charge on any atom is -0.349 e. The molecule has 0 bridgehead atoms. The summed E-state index contributed by atoms with van der Waals surface area (Å²) in [6, 6.07) is 6.41. The zero-order valence-corrected chi connectivity index (χ0v) is 16.1. The number of carbonyl (C=O) groups is 2. The first-order valence-electron chi connectivity index (χ1n) is 9.19. The monoisotopic (exact) mass is 378 g/mol. The van der Waals surface area contributed by atoms with Crippen LogP contribution in [0.25, 0.3) is 0 Å². The van der Waals surface area contributed by atoms with Crippen LogP contribution in [-0.4, -0.2) is 32.0 Å². The van der Waals surface area contributed by atoms with Crippen LogP contribution in [-0.2, 0) is 14.8 Å². The third-order valence-electron chi connectivity index (χ3n) is 5.14. The van der Waals surface area contributed by atoms with Crippen LogP contribution in [0, 0.1) is 5.41 Å². The van der Waals surface area contributed by atoms with Gasteiger partial charge in [-0.2, -0.15) is 0 Å². The van der Waals surface area contributed by atoms with Gasteiger partial charge < -0.3 is 5.32 Å². The summed E-state index contributed by atoms with van der Waals surface area (Å²) in [7, 11) is -3.67. The van der Waals surface area contributed by atoms with Crippen LogP contribution in [0.3, 0.4) is 0 Å². The maximum Gasteiger partial charge on any atom is 0.251 e. The highest BCUT2D eigenvalue weighted by Crippen LogP contribution is 2.35. The zero-order chi connectivity index (χ0) is 18.9. The summed E-state index contributed by atoms with van der Waals surface area (Å²) in [5, 5.41) is 3.06. The summed E-state index contributed by atoms with van der Waals surface area (Å²) in [6.07, 6.45) is 6.70. The maximum atomic E-state index is 12.4. The SMILES string of the molecule is CC1(C)CS(=O)(=O)N(c2ccc(C(=O)NC3CCCCCC3)cc2)C1=O. The number of nitrogens with zero attached hydrogens (tertiary/aromatic N) is 1. The van der Waals surface area contributed by atoms with Gasteiger partial charge in [0.05, 0.1) is 16.9 Å². The second-order valence-corrected chi connectivity index (χ2v) is 9.74. The van der Waals surface area contributed by atoms with Gasteiger partial charge in [0.25, 0.3) is 5.91 Å². The Kier molecular flexibility index (Phi) is 5.10. The molecule has 1 aromatic rings. The molecular weight excluding hydrogens is 352 g/mol. The summed E-state index contributed by atoms with van der Waals surface area (Å²) in [5.41, 5.74) is -0.179. The first kappa shape index (κ1) is 18.9. The summed E-state index contributed by atoms with van der Waals surface area (Å²) in [5.74, 6) is -0.796. The van der Waals surface area contributed by atoms with Crippen molar-refractivity contribution in [3.63, 3.8) is 0 Å². The molecule has 1 saturated heterocycles. The first-order valence-corrected chi connectivity index (χ1v) is 10.8. The number of sulfonamides is 1. The highest BCUT2D eigenvalue weighted by atomic mass is 32.2. The van der Waals surface area contributed by atoms with Gasteiger partial charge in [-0.3, -0.25) is 9.59 Å². The molecule has 1 saturated carbocycles. The highest BCUT2D eigenvalue weighted by Gasteiger charge is 2.49. The van der Waals surface area contributed by atoms with Gasteiger partial charge in [0.15, 0.2) is 0 Å². The molecule has 2 fully saturated rings. The predicted molar refractivity (Wildman–Crippen MR) is 100 cm³/mol. The van der Waals surface area contributed by atoms with Crippen LogP contribution >= 0.6 is 0 Å². The Balaban J connectivity index is 1.74. The van der Waals surface area contributed by atoms with Crippen LogP contribution in [0.1, 0.15) is 62.7 Å². The molecule has 142 valence electrons. The second-order valence-electron chi connectivity index (χ2n) is 7.92. The lowest BCUT2D eigenvalue weighted by Gasteiger charge is -2.18. The molecule has 1 heterocycles. The van der Waals surface area contributed by atoms with Gasteiger partial charge in [-0.1, -0.05) is 25.7 Å². The minimum absolute atomic E-state index is 0.153.